The van der Waals surface area contributed by atoms with Gasteiger partial charge in [-0.3, -0.25) is 0 Å². The van der Waals surface area contributed by atoms with Crippen molar-refractivity contribution in [3.8, 4) is 0 Å². The van der Waals surface area contributed by atoms with Gasteiger partial charge in [-0.2, -0.15) is 0 Å². The van der Waals surface area contributed by atoms with E-state index in [1.165, 1.54) is 6.07 Å². The summed E-state index contributed by atoms with van der Waals surface area (Å²) in [6, 6.07) is 6.85. The molecule has 2 rings (SSSR count). The highest BCUT2D eigenvalue weighted by molar-refractivity contribution is 5.36. The minimum atomic E-state index is -2.74. The number of halogens is 2. The zero-order valence-electron chi connectivity index (χ0n) is 9.69. The first-order valence-electron chi connectivity index (χ1n) is 5.61. The average Bonchev–Trinajstić information content (AvgIpc) is 2.99. The quantitative estimate of drug-likeness (QED) is 0.830. The van der Waals surface area contributed by atoms with Crippen LogP contribution in [0.2, 0.25) is 0 Å². The Hall–Kier alpha value is -0.960. The van der Waals surface area contributed by atoms with Gasteiger partial charge in [-0.25, -0.2) is 8.78 Å². The molecule has 0 spiro atoms. The van der Waals surface area contributed by atoms with Crippen LogP contribution in [0.5, 0.6) is 0 Å². The van der Waals surface area contributed by atoms with Crippen molar-refractivity contribution in [2.45, 2.75) is 31.1 Å². The molecule has 1 aromatic rings. The number of hydrogen-bond donors (Lipinski definition) is 1. The van der Waals surface area contributed by atoms with Gasteiger partial charge in [-0.1, -0.05) is 18.2 Å². The largest absolute Gasteiger partial charge is 0.319 e. The summed E-state index contributed by atoms with van der Waals surface area (Å²) in [5.41, 5.74) is 1.27. The van der Waals surface area contributed by atoms with Crippen molar-refractivity contribution in [1.82, 2.24) is 5.32 Å². The van der Waals surface area contributed by atoms with Crippen molar-refractivity contribution in [2.75, 3.05) is 13.6 Å². The molecule has 3 heteroatoms. The number of alkyl halides is 2. The van der Waals surface area contributed by atoms with Gasteiger partial charge >= 0.3 is 0 Å². The van der Waals surface area contributed by atoms with Crippen molar-refractivity contribution in [1.29, 1.82) is 0 Å². The molecule has 1 aliphatic carbocycles. The molecule has 0 radical (unpaired) electrons. The lowest BCUT2D eigenvalue weighted by atomic mass is 9.93. The molecule has 0 saturated heterocycles. The number of hydrogen-bond acceptors (Lipinski definition) is 1. The Bertz CT molecular complexity index is 378. The third kappa shape index (κ3) is 2.09. The van der Waals surface area contributed by atoms with Gasteiger partial charge in [0.2, 0.25) is 0 Å². The van der Waals surface area contributed by atoms with Gasteiger partial charge in [-0.05, 0) is 31.5 Å². The van der Waals surface area contributed by atoms with E-state index in [-0.39, 0.29) is 11.0 Å². The highest BCUT2D eigenvalue weighted by Crippen LogP contribution is 2.48. The Morgan fingerprint density at radius 2 is 2.06 bits per heavy atom. The fourth-order valence-corrected chi connectivity index (χ4v) is 2.18. The number of benzene rings is 1. The maximum absolute atomic E-state index is 13.2. The Morgan fingerprint density at radius 3 is 2.56 bits per heavy atom. The molecule has 1 fully saturated rings. The van der Waals surface area contributed by atoms with E-state index in [0.717, 1.165) is 31.9 Å². The number of likely N-dealkylation sites (N-methyl/N-ethyl adjacent to an activating group) is 1. The molecule has 0 amide bonds. The van der Waals surface area contributed by atoms with Crippen LogP contribution in [0, 0.1) is 0 Å². The van der Waals surface area contributed by atoms with Gasteiger partial charge in [0.05, 0.1) is 0 Å². The SMILES string of the molecule is CNCC1(c2cccc(C(C)(F)F)c2)CC1. The van der Waals surface area contributed by atoms with Crippen LogP contribution >= 0.6 is 0 Å². The van der Waals surface area contributed by atoms with E-state index >= 15 is 0 Å². The molecule has 0 atom stereocenters. The van der Waals surface area contributed by atoms with E-state index in [4.69, 9.17) is 0 Å². The maximum Gasteiger partial charge on any atom is 0.270 e. The molecular formula is C13H17F2N. The van der Waals surface area contributed by atoms with Crippen molar-refractivity contribution in [2.24, 2.45) is 0 Å². The third-order valence-electron chi connectivity index (χ3n) is 3.35. The summed E-state index contributed by atoms with van der Waals surface area (Å²) in [6.07, 6.45) is 2.18. The molecule has 1 N–H and O–H groups in total. The average molecular weight is 225 g/mol. The van der Waals surface area contributed by atoms with Gasteiger partial charge in [0.15, 0.2) is 0 Å². The van der Waals surface area contributed by atoms with Gasteiger partial charge in [-0.15, -0.1) is 0 Å². The summed E-state index contributed by atoms with van der Waals surface area (Å²) in [6.45, 7) is 1.81. The Balaban J connectivity index is 2.30. The molecule has 1 aromatic carbocycles. The molecule has 0 unspecified atom stereocenters. The third-order valence-corrected chi connectivity index (χ3v) is 3.35. The van der Waals surface area contributed by atoms with Gasteiger partial charge in [0.25, 0.3) is 5.92 Å². The van der Waals surface area contributed by atoms with Crippen molar-refractivity contribution < 1.29 is 8.78 Å². The second kappa shape index (κ2) is 3.81. The molecule has 0 aromatic heterocycles. The Kier molecular flexibility index (Phi) is 2.74. The zero-order valence-corrected chi connectivity index (χ0v) is 9.69. The highest BCUT2D eigenvalue weighted by atomic mass is 19.3. The zero-order chi connectivity index (χ0) is 11.8. The molecule has 0 aliphatic heterocycles. The van der Waals surface area contributed by atoms with Crippen LogP contribution in [-0.2, 0) is 11.3 Å². The normalized spacial score (nSPS) is 18.5. The summed E-state index contributed by atoms with van der Waals surface area (Å²) < 4.78 is 26.4. The van der Waals surface area contributed by atoms with E-state index in [0.29, 0.717) is 0 Å². The topological polar surface area (TPSA) is 12.0 Å². The van der Waals surface area contributed by atoms with Crippen LogP contribution in [0.4, 0.5) is 8.78 Å². The van der Waals surface area contributed by atoms with E-state index < -0.39 is 5.92 Å². The highest BCUT2D eigenvalue weighted by Gasteiger charge is 2.44. The standard InChI is InChI=1S/C13H17F2N/c1-12(14,15)10-4-3-5-11(8-10)13(6-7-13)9-16-2/h3-5,8,16H,6-7,9H2,1-2H3. The molecule has 88 valence electrons. The molecule has 1 nitrogen and oxygen atoms in total. The summed E-state index contributed by atoms with van der Waals surface area (Å²) in [4.78, 5) is 0. The van der Waals surface area contributed by atoms with Crippen LogP contribution in [-0.4, -0.2) is 13.6 Å². The molecule has 0 bridgehead atoms. The smallest absolute Gasteiger partial charge is 0.270 e. The first-order valence-corrected chi connectivity index (χ1v) is 5.61. The summed E-state index contributed by atoms with van der Waals surface area (Å²) in [5, 5.41) is 3.14. The van der Waals surface area contributed by atoms with Crippen LogP contribution in [0.3, 0.4) is 0 Å². The van der Waals surface area contributed by atoms with E-state index in [1.54, 1.807) is 12.1 Å². The van der Waals surface area contributed by atoms with E-state index in [1.807, 2.05) is 13.1 Å². The maximum atomic E-state index is 13.2. The molecule has 1 saturated carbocycles. The molecular weight excluding hydrogens is 208 g/mol. The number of nitrogens with one attached hydrogen (secondary N) is 1. The molecule has 1 aliphatic rings. The van der Waals surface area contributed by atoms with Gasteiger partial charge < -0.3 is 5.32 Å². The first kappa shape index (κ1) is 11.5. The fourth-order valence-electron chi connectivity index (χ4n) is 2.18. The minimum Gasteiger partial charge on any atom is -0.319 e. The van der Waals surface area contributed by atoms with Crippen LogP contribution < -0.4 is 5.32 Å². The predicted molar refractivity (Wildman–Crippen MR) is 60.8 cm³/mol. The lowest BCUT2D eigenvalue weighted by Crippen LogP contribution is -2.24. The monoisotopic (exact) mass is 225 g/mol. The lowest BCUT2D eigenvalue weighted by molar-refractivity contribution is 0.0173. The number of rotatable bonds is 4. The van der Waals surface area contributed by atoms with Gasteiger partial charge in [0.1, 0.15) is 0 Å². The summed E-state index contributed by atoms with van der Waals surface area (Å²) >= 11 is 0. The molecule has 16 heavy (non-hydrogen) atoms. The lowest BCUT2D eigenvalue weighted by Gasteiger charge is -2.18. The first-order chi connectivity index (χ1) is 7.48. The van der Waals surface area contributed by atoms with Crippen molar-refractivity contribution in [3.05, 3.63) is 35.4 Å². The predicted octanol–water partition coefficient (Wildman–Crippen LogP) is 3.05. The van der Waals surface area contributed by atoms with Crippen LogP contribution in [0.1, 0.15) is 30.9 Å². The van der Waals surface area contributed by atoms with Crippen LogP contribution in [0.25, 0.3) is 0 Å². The second-order valence-electron chi connectivity index (χ2n) is 4.78. The van der Waals surface area contributed by atoms with Crippen molar-refractivity contribution >= 4 is 0 Å². The van der Waals surface area contributed by atoms with Crippen LogP contribution in [0.15, 0.2) is 24.3 Å². The second-order valence-corrected chi connectivity index (χ2v) is 4.78. The van der Waals surface area contributed by atoms with E-state index in [2.05, 4.69) is 5.32 Å². The van der Waals surface area contributed by atoms with Gasteiger partial charge in [0, 0.05) is 24.4 Å². The fraction of sp³-hybridized carbons (Fsp3) is 0.538. The minimum absolute atomic E-state index is 0.107. The Labute approximate surface area is 94.9 Å². The molecule has 0 heterocycles. The Morgan fingerprint density at radius 1 is 1.38 bits per heavy atom. The summed E-state index contributed by atoms with van der Waals surface area (Å²) in [7, 11) is 1.90. The van der Waals surface area contributed by atoms with Crippen molar-refractivity contribution in [3.63, 3.8) is 0 Å². The van der Waals surface area contributed by atoms with E-state index in [9.17, 15) is 8.78 Å². The summed E-state index contributed by atoms with van der Waals surface area (Å²) in [5.74, 6) is -2.74.